The molecule has 0 aromatic heterocycles. The number of aliphatic hydroxyl groups excluding tert-OH is 1. The van der Waals surface area contributed by atoms with Crippen molar-refractivity contribution in [1.82, 2.24) is 0 Å². The van der Waals surface area contributed by atoms with Crippen LogP contribution in [0.4, 0.5) is 5.69 Å². The summed E-state index contributed by atoms with van der Waals surface area (Å²) in [6, 6.07) is 5.50. The predicted molar refractivity (Wildman–Crippen MR) is 80.7 cm³/mol. The summed E-state index contributed by atoms with van der Waals surface area (Å²) >= 11 is 0. The quantitative estimate of drug-likeness (QED) is 0.681. The largest absolute Gasteiger partial charge is 0.395 e. The van der Waals surface area contributed by atoms with Crippen molar-refractivity contribution in [3.8, 4) is 11.8 Å². The van der Waals surface area contributed by atoms with Gasteiger partial charge in [0.15, 0.2) is 0 Å². The molecule has 1 N–H and O–H groups in total. The molecule has 2 rings (SSSR count). The smallest absolute Gasteiger partial charge is 0.237 e. The van der Waals surface area contributed by atoms with Gasteiger partial charge in [-0.1, -0.05) is 25.7 Å². The second-order valence-electron chi connectivity index (χ2n) is 5.14. The zero-order chi connectivity index (χ0) is 15.4. The molecule has 0 radical (unpaired) electrons. The Kier molecular flexibility index (Phi) is 4.77. The maximum atomic E-state index is 12.1. The Labute approximate surface area is 124 Å². The van der Waals surface area contributed by atoms with Gasteiger partial charge in [0, 0.05) is 24.3 Å². The molecule has 110 valence electrons. The van der Waals surface area contributed by atoms with Gasteiger partial charge in [0.2, 0.25) is 11.8 Å². The van der Waals surface area contributed by atoms with Crippen molar-refractivity contribution in [3.05, 3.63) is 29.3 Å². The lowest BCUT2D eigenvalue weighted by molar-refractivity contribution is -0.122. The van der Waals surface area contributed by atoms with Crippen molar-refractivity contribution in [3.63, 3.8) is 0 Å². The lowest BCUT2D eigenvalue weighted by Gasteiger charge is -2.18. The average Bonchev–Trinajstić information content (AvgIpc) is 2.72. The molecular formula is C17H19NO3. The summed E-state index contributed by atoms with van der Waals surface area (Å²) in [5, 5.41) is 8.73. The third-order valence-corrected chi connectivity index (χ3v) is 3.54. The van der Waals surface area contributed by atoms with E-state index in [1.807, 2.05) is 19.1 Å². The first-order valence-corrected chi connectivity index (χ1v) is 7.18. The Balaban J connectivity index is 2.35. The van der Waals surface area contributed by atoms with Crippen molar-refractivity contribution in [2.45, 2.75) is 33.1 Å². The van der Waals surface area contributed by atoms with Crippen molar-refractivity contribution in [2.24, 2.45) is 5.92 Å². The van der Waals surface area contributed by atoms with E-state index in [0.29, 0.717) is 12.1 Å². The monoisotopic (exact) mass is 285 g/mol. The number of hydrogen-bond donors (Lipinski definition) is 1. The molecule has 1 saturated heterocycles. The van der Waals surface area contributed by atoms with Crippen LogP contribution in [0, 0.1) is 17.8 Å². The molecule has 1 aliphatic rings. The molecular weight excluding hydrogens is 266 g/mol. The number of nitrogens with zero attached hydrogens (tertiary/aromatic N) is 1. The number of amides is 2. The number of anilines is 1. The van der Waals surface area contributed by atoms with E-state index in [1.165, 1.54) is 4.90 Å². The van der Waals surface area contributed by atoms with Gasteiger partial charge in [-0.15, -0.1) is 0 Å². The van der Waals surface area contributed by atoms with E-state index >= 15 is 0 Å². The summed E-state index contributed by atoms with van der Waals surface area (Å²) in [5.74, 6) is 5.33. The third-order valence-electron chi connectivity index (χ3n) is 3.54. The topological polar surface area (TPSA) is 57.6 Å². The number of imide groups is 1. The maximum absolute atomic E-state index is 12.1. The lowest BCUT2D eigenvalue weighted by Crippen LogP contribution is -2.30. The number of carbonyl (C=O) groups excluding carboxylic acids is 2. The van der Waals surface area contributed by atoms with Crippen LogP contribution in [0.15, 0.2) is 18.2 Å². The zero-order valence-corrected chi connectivity index (χ0v) is 12.3. The number of benzene rings is 1. The zero-order valence-electron chi connectivity index (χ0n) is 12.3. The normalized spacial score (nSPS) is 17.9. The summed E-state index contributed by atoms with van der Waals surface area (Å²) in [6.45, 7) is 3.80. The second kappa shape index (κ2) is 6.55. The molecule has 1 heterocycles. The van der Waals surface area contributed by atoms with Crippen LogP contribution in [-0.2, 0) is 16.0 Å². The van der Waals surface area contributed by atoms with Crippen molar-refractivity contribution < 1.29 is 14.7 Å². The van der Waals surface area contributed by atoms with Crippen molar-refractivity contribution >= 4 is 17.5 Å². The van der Waals surface area contributed by atoms with Gasteiger partial charge in [0.05, 0.1) is 12.3 Å². The summed E-state index contributed by atoms with van der Waals surface area (Å²) in [7, 11) is 0. The number of aliphatic hydroxyl groups is 1. The van der Waals surface area contributed by atoms with E-state index in [4.69, 9.17) is 5.11 Å². The number of aryl methyl sites for hydroxylation is 1. The fourth-order valence-electron chi connectivity index (χ4n) is 2.42. The highest BCUT2D eigenvalue weighted by Gasteiger charge is 2.37. The van der Waals surface area contributed by atoms with Crippen molar-refractivity contribution in [2.75, 3.05) is 11.5 Å². The van der Waals surface area contributed by atoms with Gasteiger partial charge in [0.1, 0.15) is 0 Å². The fourth-order valence-corrected chi connectivity index (χ4v) is 2.42. The molecule has 21 heavy (non-hydrogen) atoms. The molecule has 1 aromatic carbocycles. The highest BCUT2D eigenvalue weighted by Crippen LogP contribution is 2.30. The van der Waals surface area contributed by atoms with Crippen LogP contribution in [0.2, 0.25) is 0 Å². The minimum absolute atomic E-state index is 0.0421. The van der Waals surface area contributed by atoms with Gasteiger partial charge in [-0.05, 0) is 30.2 Å². The van der Waals surface area contributed by atoms with Gasteiger partial charge in [0.25, 0.3) is 0 Å². The van der Waals surface area contributed by atoms with Crippen molar-refractivity contribution in [1.29, 1.82) is 0 Å². The van der Waals surface area contributed by atoms with Gasteiger partial charge < -0.3 is 5.11 Å². The minimum atomic E-state index is -0.244. The summed E-state index contributed by atoms with van der Waals surface area (Å²) < 4.78 is 0. The van der Waals surface area contributed by atoms with Crippen LogP contribution >= 0.6 is 0 Å². The summed E-state index contributed by atoms with van der Waals surface area (Å²) in [5.41, 5.74) is 2.43. The molecule has 1 fully saturated rings. The van der Waals surface area contributed by atoms with Crippen LogP contribution in [0.5, 0.6) is 0 Å². The van der Waals surface area contributed by atoms with Gasteiger partial charge in [-0.3, -0.25) is 14.5 Å². The molecule has 1 unspecified atom stereocenters. The molecule has 2 amide bonds. The Morgan fingerprint density at radius 1 is 1.38 bits per heavy atom. The molecule has 4 nitrogen and oxygen atoms in total. The predicted octanol–water partition coefficient (Wildman–Crippen LogP) is 1.88. The van der Waals surface area contributed by atoms with Gasteiger partial charge >= 0.3 is 0 Å². The van der Waals surface area contributed by atoms with E-state index in [-0.39, 0.29) is 30.8 Å². The molecule has 1 atom stereocenters. The van der Waals surface area contributed by atoms with E-state index in [9.17, 15) is 9.59 Å². The van der Waals surface area contributed by atoms with Crippen LogP contribution in [0.3, 0.4) is 0 Å². The molecule has 0 spiro atoms. The highest BCUT2D eigenvalue weighted by molar-refractivity contribution is 6.21. The SMILES string of the molecule is CCc1cc(C#CCCO)ccc1N1C(=O)CC(C)C1=O. The number of rotatable bonds is 3. The Morgan fingerprint density at radius 3 is 2.71 bits per heavy atom. The highest BCUT2D eigenvalue weighted by atomic mass is 16.2. The molecule has 4 heteroatoms. The second-order valence-corrected chi connectivity index (χ2v) is 5.14. The lowest BCUT2D eigenvalue weighted by atomic mass is 10.1. The van der Waals surface area contributed by atoms with E-state index in [2.05, 4.69) is 11.8 Å². The Bertz CT molecular complexity index is 625. The first kappa shape index (κ1) is 15.3. The van der Waals surface area contributed by atoms with Crippen LogP contribution < -0.4 is 4.90 Å². The Morgan fingerprint density at radius 2 is 2.14 bits per heavy atom. The Hall–Kier alpha value is -2.12. The fraction of sp³-hybridized carbons (Fsp3) is 0.412. The van der Waals surface area contributed by atoms with Gasteiger partial charge in [-0.25, -0.2) is 0 Å². The minimum Gasteiger partial charge on any atom is -0.395 e. The standard InChI is InChI=1S/C17H19NO3/c1-3-14-11-13(6-4-5-9-19)7-8-15(14)18-16(20)10-12(2)17(18)21/h7-8,11-12,19H,3,5,9-10H2,1-2H3. The molecule has 1 aliphatic heterocycles. The first-order chi connectivity index (χ1) is 10.1. The molecule has 0 bridgehead atoms. The number of carbonyl (C=O) groups is 2. The van der Waals surface area contributed by atoms with E-state index in [0.717, 1.165) is 17.5 Å². The maximum Gasteiger partial charge on any atom is 0.237 e. The third kappa shape index (κ3) is 3.14. The van der Waals surface area contributed by atoms with Crippen LogP contribution in [-0.4, -0.2) is 23.5 Å². The average molecular weight is 285 g/mol. The molecule has 1 aromatic rings. The first-order valence-electron chi connectivity index (χ1n) is 7.18. The van der Waals surface area contributed by atoms with Crippen LogP contribution in [0.1, 0.15) is 37.8 Å². The van der Waals surface area contributed by atoms with E-state index < -0.39 is 0 Å². The number of hydrogen-bond acceptors (Lipinski definition) is 3. The molecule has 0 aliphatic carbocycles. The summed E-state index contributed by atoms with van der Waals surface area (Å²) in [4.78, 5) is 25.4. The van der Waals surface area contributed by atoms with Crippen LogP contribution in [0.25, 0.3) is 0 Å². The van der Waals surface area contributed by atoms with E-state index in [1.54, 1.807) is 13.0 Å². The van der Waals surface area contributed by atoms with Gasteiger partial charge in [-0.2, -0.15) is 0 Å². The summed E-state index contributed by atoms with van der Waals surface area (Å²) in [6.07, 6.45) is 1.43. The molecule has 0 saturated carbocycles.